The van der Waals surface area contributed by atoms with Gasteiger partial charge >= 0.3 is 0 Å². The van der Waals surface area contributed by atoms with Gasteiger partial charge in [0.25, 0.3) is 0 Å². The van der Waals surface area contributed by atoms with Crippen LogP contribution in [0.4, 0.5) is 0 Å². The maximum Gasteiger partial charge on any atom is 0.237 e. The molecular formula is C11H22N2O3S. The molecule has 1 amide bonds. The summed E-state index contributed by atoms with van der Waals surface area (Å²) in [7, 11) is -3.36. The van der Waals surface area contributed by atoms with Gasteiger partial charge in [0.15, 0.2) is 9.84 Å². The smallest absolute Gasteiger partial charge is 0.237 e. The van der Waals surface area contributed by atoms with Crippen LogP contribution >= 0.6 is 0 Å². The van der Waals surface area contributed by atoms with Crippen molar-refractivity contribution in [1.29, 1.82) is 0 Å². The van der Waals surface area contributed by atoms with E-state index < -0.39 is 9.84 Å². The van der Waals surface area contributed by atoms with Gasteiger partial charge in [0, 0.05) is 19.1 Å². The maximum atomic E-state index is 11.8. The van der Waals surface area contributed by atoms with Crippen molar-refractivity contribution >= 4 is 15.7 Å². The summed E-state index contributed by atoms with van der Waals surface area (Å²) in [5, 5.41) is 0. The topological polar surface area (TPSA) is 80.5 Å². The zero-order valence-corrected chi connectivity index (χ0v) is 11.2. The van der Waals surface area contributed by atoms with Crippen LogP contribution in [0.2, 0.25) is 0 Å². The molecule has 0 aromatic heterocycles. The number of carbonyl (C=O) groups is 1. The minimum absolute atomic E-state index is 0.0829. The third-order valence-electron chi connectivity index (χ3n) is 2.93. The molecule has 1 unspecified atom stereocenters. The molecule has 0 bridgehead atoms. The van der Waals surface area contributed by atoms with E-state index in [4.69, 9.17) is 5.73 Å². The van der Waals surface area contributed by atoms with Crippen LogP contribution in [0.3, 0.4) is 0 Å². The van der Waals surface area contributed by atoms with E-state index in [1.165, 1.54) is 0 Å². The lowest BCUT2D eigenvalue weighted by Gasteiger charge is -2.16. The molecule has 0 aliphatic carbocycles. The predicted octanol–water partition coefficient (Wildman–Crippen LogP) is 0.151. The maximum absolute atomic E-state index is 11.8. The van der Waals surface area contributed by atoms with Crippen molar-refractivity contribution < 1.29 is 13.2 Å². The monoisotopic (exact) mass is 262 g/mol. The molecule has 0 aromatic carbocycles. The zero-order valence-electron chi connectivity index (χ0n) is 10.4. The van der Waals surface area contributed by atoms with Crippen LogP contribution in [0.15, 0.2) is 0 Å². The summed E-state index contributed by atoms with van der Waals surface area (Å²) in [5.41, 5.74) is 5.70. The highest BCUT2D eigenvalue weighted by molar-refractivity contribution is 7.92. The summed E-state index contributed by atoms with van der Waals surface area (Å²) in [5.74, 6) is -0.739. The van der Waals surface area contributed by atoms with Gasteiger partial charge in [0.05, 0.1) is 5.75 Å². The van der Waals surface area contributed by atoms with Crippen LogP contribution in [0.25, 0.3) is 0 Å². The van der Waals surface area contributed by atoms with Crippen LogP contribution in [0.1, 0.15) is 32.6 Å². The first kappa shape index (κ1) is 14.4. The number of nitrogens with zero attached hydrogens (tertiary/aromatic N) is 1. The molecule has 2 N–H and O–H groups in total. The highest BCUT2D eigenvalue weighted by Crippen LogP contribution is 2.09. The molecule has 0 radical (unpaired) electrons. The van der Waals surface area contributed by atoms with Gasteiger partial charge in [0.2, 0.25) is 5.91 Å². The molecule has 5 nitrogen and oxygen atoms in total. The number of hydrogen-bond donors (Lipinski definition) is 1. The molecule has 1 fully saturated rings. The van der Waals surface area contributed by atoms with Crippen molar-refractivity contribution in [3.05, 3.63) is 0 Å². The third-order valence-corrected chi connectivity index (χ3v) is 4.55. The summed E-state index contributed by atoms with van der Waals surface area (Å²) in [6.45, 7) is 3.34. The van der Waals surface area contributed by atoms with E-state index in [0.29, 0.717) is 19.5 Å². The molecule has 1 aliphatic heterocycles. The highest BCUT2D eigenvalue weighted by atomic mass is 32.2. The number of sulfone groups is 1. The fraction of sp³-hybridized carbons (Fsp3) is 0.909. The first-order valence-corrected chi connectivity index (χ1v) is 8.00. The van der Waals surface area contributed by atoms with E-state index in [2.05, 4.69) is 0 Å². The van der Waals surface area contributed by atoms with E-state index >= 15 is 0 Å². The number of carbonyl (C=O) groups excluding carboxylic acids is 1. The lowest BCUT2D eigenvalue weighted by atomic mass is 10.2. The van der Waals surface area contributed by atoms with E-state index in [1.54, 1.807) is 4.90 Å². The van der Waals surface area contributed by atoms with Gasteiger partial charge in [-0.3, -0.25) is 4.79 Å². The van der Waals surface area contributed by atoms with Crippen molar-refractivity contribution in [2.24, 2.45) is 5.73 Å². The molecule has 0 spiro atoms. The van der Waals surface area contributed by atoms with Gasteiger partial charge in [-0.15, -0.1) is 0 Å². The average Bonchev–Trinajstić information content (AvgIpc) is 2.68. The molecule has 0 saturated carbocycles. The fourth-order valence-corrected chi connectivity index (χ4v) is 3.58. The van der Waals surface area contributed by atoms with Gasteiger partial charge in [-0.2, -0.15) is 0 Å². The number of hydrogen-bond acceptors (Lipinski definition) is 4. The summed E-state index contributed by atoms with van der Waals surface area (Å²) >= 11 is 0. The lowest BCUT2D eigenvalue weighted by molar-refractivity contribution is -0.127. The Kier molecular flexibility index (Phi) is 5.39. The minimum Gasteiger partial charge on any atom is -0.342 e. The molecule has 1 atom stereocenters. The fourth-order valence-electron chi connectivity index (χ4n) is 2.09. The van der Waals surface area contributed by atoms with Crippen LogP contribution in [0, 0.1) is 0 Å². The molecular weight excluding hydrogens is 240 g/mol. The standard InChI is InChI=1S/C11H22N2O3S/c1-2-5-10(12)8-17(15,16)9-11(14)13-6-3-4-7-13/h10H,2-9,12H2,1H3. The Balaban J connectivity index is 2.45. The largest absolute Gasteiger partial charge is 0.342 e. The molecule has 0 aromatic rings. The Labute approximate surface area is 103 Å². The predicted molar refractivity (Wildman–Crippen MR) is 67.4 cm³/mol. The SMILES string of the molecule is CCCC(N)CS(=O)(=O)CC(=O)N1CCCC1. The van der Waals surface area contributed by atoms with Crippen LogP contribution < -0.4 is 5.73 Å². The molecule has 6 heteroatoms. The number of likely N-dealkylation sites (tertiary alicyclic amines) is 1. The summed E-state index contributed by atoms with van der Waals surface area (Å²) in [6.07, 6.45) is 3.48. The minimum atomic E-state index is -3.36. The van der Waals surface area contributed by atoms with Gasteiger partial charge in [-0.05, 0) is 19.3 Å². The van der Waals surface area contributed by atoms with Crippen molar-refractivity contribution in [2.75, 3.05) is 24.6 Å². The molecule has 1 aliphatic rings. The van der Waals surface area contributed by atoms with Crippen LogP contribution in [-0.2, 0) is 14.6 Å². The van der Waals surface area contributed by atoms with Crippen LogP contribution in [0.5, 0.6) is 0 Å². The highest BCUT2D eigenvalue weighted by Gasteiger charge is 2.25. The second-order valence-electron chi connectivity index (χ2n) is 4.69. The Morgan fingerprint density at radius 3 is 2.47 bits per heavy atom. The summed E-state index contributed by atoms with van der Waals surface area (Å²) in [6, 6.07) is -0.351. The number of rotatable bonds is 6. The summed E-state index contributed by atoms with van der Waals surface area (Å²) < 4.78 is 23.5. The van der Waals surface area contributed by atoms with E-state index in [0.717, 1.165) is 19.3 Å². The van der Waals surface area contributed by atoms with Crippen molar-refractivity contribution in [2.45, 2.75) is 38.6 Å². The first-order valence-electron chi connectivity index (χ1n) is 6.18. The quantitative estimate of drug-likeness (QED) is 0.739. The van der Waals surface area contributed by atoms with Gasteiger partial charge in [-0.25, -0.2) is 8.42 Å². The van der Waals surface area contributed by atoms with E-state index in [9.17, 15) is 13.2 Å². The molecule has 17 heavy (non-hydrogen) atoms. The number of amides is 1. The average molecular weight is 262 g/mol. The Morgan fingerprint density at radius 2 is 1.94 bits per heavy atom. The second-order valence-corrected chi connectivity index (χ2v) is 6.80. The molecule has 100 valence electrons. The van der Waals surface area contributed by atoms with Crippen molar-refractivity contribution in [1.82, 2.24) is 4.90 Å². The van der Waals surface area contributed by atoms with Crippen LogP contribution in [-0.4, -0.2) is 49.9 Å². The van der Waals surface area contributed by atoms with E-state index in [1.807, 2.05) is 6.92 Å². The van der Waals surface area contributed by atoms with Gasteiger partial charge in [0.1, 0.15) is 5.75 Å². The Bertz CT molecular complexity index is 348. The van der Waals surface area contributed by atoms with Crippen molar-refractivity contribution in [3.8, 4) is 0 Å². The number of nitrogens with two attached hydrogens (primary N) is 1. The zero-order chi connectivity index (χ0) is 12.9. The third kappa shape index (κ3) is 5.04. The Morgan fingerprint density at radius 1 is 1.35 bits per heavy atom. The normalized spacial score (nSPS) is 18.4. The van der Waals surface area contributed by atoms with Gasteiger partial charge < -0.3 is 10.6 Å². The first-order chi connectivity index (χ1) is 7.94. The summed E-state index contributed by atoms with van der Waals surface area (Å²) in [4.78, 5) is 13.3. The molecule has 1 heterocycles. The van der Waals surface area contributed by atoms with Crippen molar-refractivity contribution in [3.63, 3.8) is 0 Å². The lowest BCUT2D eigenvalue weighted by Crippen LogP contribution is -2.37. The van der Waals surface area contributed by atoms with E-state index in [-0.39, 0.29) is 23.5 Å². The second kappa shape index (κ2) is 6.35. The Hall–Kier alpha value is -0.620. The van der Waals surface area contributed by atoms with Gasteiger partial charge in [-0.1, -0.05) is 13.3 Å². The molecule has 1 saturated heterocycles. The molecule has 1 rings (SSSR count).